The van der Waals surface area contributed by atoms with Gasteiger partial charge < -0.3 is 15.6 Å². The van der Waals surface area contributed by atoms with Gasteiger partial charge in [-0.15, -0.1) is 24.0 Å². The molecule has 0 atom stereocenters. The number of hydrogen-bond donors (Lipinski definition) is 3. The zero-order valence-electron chi connectivity index (χ0n) is 15.6. The third-order valence-electron chi connectivity index (χ3n) is 5.17. The molecule has 0 bridgehead atoms. The van der Waals surface area contributed by atoms with E-state index >= 15 is 0 Å². The number of benzene rings is 1. The molecule has 9 heteroatoms. The third-order valence-corrected chi connectivity index (χ3v) is 5.17. The Bertz CT molecular complexity index is 795. The van der Waals surface area contributed by atoms with Crippen LogP contribution >= 0.6 is 24.0 Å². The SMILES string of the molecule is CN=C(NCCc1c[nH]c2ccc(F)cc12)NC1CCC(C(F)(F)F)CC1.I. The highest BCUT2D eigenvalue weighted by molar-refractivity contribution is 14.0. The molecule has 1 aromatic heterocycles. The Kier molecular flexibility index (Phi) is 7.97. The minimum Gasteiger partial charge on any atom is -0.361 e. The Morgan fingerprint density at radius 3 is 2.57 bits per heavy atom. The average molecular weight is 512 g/mol. The predicted octanol–water partition coefficient (Wildman–Crippen LogP) is 4.75. The number of aliphatic imine (C=N–C) groups is 1. The van der Waals surface area contributed by atoms with E-state index in [1.54, 1.807) is 13.1 Å². The highest BCUT2D eigenvalue weighted by Gasteiger charge is 2.41. The number of fused-ring (bicyclic) bond motifs is 1. The van der Waals surface area contributed by atoms with Gasteiger partial charge in [-0.05, 0) is 55.9 Å². The number of hydrogen-bond acceptors (Lipinski definition) is 1. The van der Waals surface area contributed by atoms with Gasteiger partial charge in [0.15, 0.2) is 5.96 Å². The van der Waals surface area contributed by atoms with Crippen molar-refractivity contribution >= 4 is 40.8 Å². The second kappa shape index (κ2) is 9.80. The number of halogens is 5. The van der Waals surface area contributed by atoms with Crippen LogP contribution in [0.5, 0.6) is 0 Å². The van der Waals surface area contributed by atoms with Gasteiger partial charge in [0.2, 0.25) is 0 Å². The normalized spacial score (nSPS) is 20.7. The summed E-state index contributed by atoms with van der Waals surface area (Å²) < 4.78 is 51.7. The standard InChI is InChI=1S/C19H24F4N4.HI/c1-24-18(27-15-5-2-13(3-6-15)19(21,22)23)25-9-8-12-11-26-17-7-4-14(20)10-16(12)17;/h4,7,10-11,13,15,26H,2-3,5-6,8-9H2,1H3,(H2,24,25,27);1H. The molecule has 3 N–H and O–H groups in total. The van der Waals surface area contributed by atoms with Crippen molar-refractivity contribution in [3.8, 4) is 0 Å². The number of guanidine groups is 1. The van der Waals surface area contributed by atoms with Gasteiger partial charge in [-0.25, -0.2) is 4.39 Å². The van der Waals surface area contributed by atoms with E-state index < -0.39 is 12.1 Å². The smallest absolute Gasteiger partial charge is 0.361 e. The van der Waals surface area contributed by atoms with Crippen molar-refractivity contribution in [2.24, 2.45) is 10.9 Å². The van der Waals surface area contributed by atoms with Crippen LogP contribution in [0.25, 0.3) is 10.9 Å². The minimum absolute atomic E-state index is 0. The lowest BCUT2D eigenvalue weighted by atomic mass is 9.85. The van der Waals surface area contributed by atoms with E-state index in [1.165, 1.54) is 12.1 Å². The molecule has 1 aliphatic rings. The van der Waals surface area contributed by atoms with Crippen molar-refractivity contribution in [2.45, 2.75) is 44.3 Å². The van der Waals surface area contributed by atoms with Crippen molar-refractivity contribution in [3.63, 3.8) is 0 Å². The van der Waals surface area contributed by atoms with Gasteiger partial charge >= 0.3 is 6.18 Å². The largest absolute Gasteiger partial charge is 0.391 e. The molecule has 28 heavy (non-hydrogen) atoms. The molecule has 2 aromatic rings. The minimum atomic E-state index is -4.09. The second-order valence-corrected chi connectivity index (χ2v) is 6.99. The van der Waals surface area contributed by atoms with Crippen LogP contribution in [-0.2, 0) is 6.42 Å². The fourth-order valence-corrected chi connectivity index (χ4v) is 3.63. The first kappa shape index (κ1) is 22.8. The van der Waals surface area contributed by atoms with Gasteiger partial charge in [0.1, 0.15) is 5.82 Å². The summed E-state index contributed by atoms with van der Waals surface area (Å²) in [6.45, 7) is 0.584. The summed E-state index contributed by atoms with van der Waals surface area (Å²) in [5, 5.41) is 7.24. The lowest BCUT2D eigenvalue weighted by Crippen LogP contribution is -2.46. The van der Waals surface area contributed by atoms with E-state index in [9.17, 15) is 17.6 Å². The van der Waals surface area contributed by atoms with E-state index in [0.717, 1.165) is 16.5 Å². The molecule has 3 rings (SSSR count). The summed E-state index contributed by atoms with van der Waals surface area (Å²) in [6.07, 6.45) is -0.299. The molecule has 0 aliphatic heterocycles. The van der Waals surface area contributed by atoms with E-state index in [2.05, 4.69) is 20.6 Å². The molecule has 1 heterocycles. The van der Waals surface area contributed by atoms with Crippen molar-refractivity contribution in [2.75, 3.05) is 13.6 Å². The zero-order chi connectivity index (χ0) is 19.4. The molecule has 0 radical (unpaired) electrons. The lowest BCUT2D eigenvalue weighted by Gasteiger charge is -2.31. The number of alkyl halides is 3. The maximum atomic E-state index is 13.4. The van der Waals surface area contributed by atoms with Crippen LogP contribution in [0.4, 0.5) is 17.6 Å². The Morgan fingerprint density at radius 1 is 1.21 bits per heavy atom. The highest BCUT2D eigenvalue weighted by Crippen LogP contribution is 2.37. The zero-order valence-corrected chi connectivity index (χ0v) is 17.9. The van der Waals surface area contributed by atoms with E-state index in [0.29, 0.717) is 31.8 Å². The summed E-state index contributed by atoms with van der Waals surface area (Å²) in [7, 11) is 1.64. The number of aromatic amines is 1. The summed E-state index contributed by atoms with van der Waals surface area (Å²) in [4.78, 5) is 7.27. The third kappa shape index (κ3) is 5.74. The van der Waals surface area contributed by atoms with Crippen LogP contribution < -0.4 is 10.6 Å². The van der Waals surface area contributed by atoms with E-state index in [-0.39, 0.29) is 48.7 Å². The molecule has 0 spiro atoms. The quantitative estimate of drug-likeness (QED) is 0.240. The summed E-state index contributed by atoms with van der Waals surface area (Å²) in [6, 6.07) is 4.63. The van der Waals surface area contributed by atoms with Crippen molar-refractivity contribution in [1.29, 1.82) is 0 Å². The fourth-order valence-electron chi connectivity index (χ4n) is 3.63. The van der Waals surface area contributed by atoms with Crippen molar-refractivity contribution in [3.05, 3.63) is 35.8 Å². The molecular formula is C19H25F4IN4. The molecule has 0 unspecified atom stereocenters. The van der Waals surface area contributed by atoms with Crippen LogP contribution in [0.15, 0.2) is 29.4 Å². The Hall–Kier alpha value is -1.52. The van der Waals surface area contributed by atoms with Crippen molar-refractivity contribution in [1.82, 2.24) is 15.6 Å². The van der Waals surface area contributed by atoms with Crippen LogP contribution in [0.3, 0.4) is 0 Å². The fraction of sp³-hybridized carbons (Fsp3) is 0.526. The molecular weight excluding hydrogens is 487 g/mol. The Labute approximate surface area is 178 Å². The average Bonchev–Trinajstić information content (AvgIpc) is 3.02. The van der Waals surface area contributed by atoms with Crippen LogP contribution in [0.1, 0.15) is 31.2 Å². The number of rotatable bonds is 4. The highest BCUT2D eigenvalue weighted by atomic mass is 127. The molecule has 0 amide bonds. The van der Waals surface area contributed by atoms with Crippen molar-refractivity contribution < 1.29 is 17.6 Å². The number of nitrogens with one attached hydrogen (secondary N) is 3. The summed E-state index contributed by atoms with van der Waals surface area (Å²) in [5.74, 6) is -0.882. The Morgan fingerprint density at radius 2 is 1.93 bits per heavy atom. The Balaban J connectivity index is 0.00000280. The van der Waals surface area contributed by atoms with Gasteiger partial charge in [0.25, 0.3) is 0 Å². The predicted molar refractivity (Wildman–Crippen MR) is 114 cm³/mol. The molecule has 1 saturated carbocycles. The topological polar surface area (TPSA) is 52.2 Å². The van der Waals surface area contributed by atoms with Gasteiger partial charge in [-0.2, -0.15) is 13.2 Å². The van der Waals surface area contributed by atoms with Crippen LogP contribution in [0, 0.1) is 11.7 Å². The summed E-state index contributed by atoms with van der Waals surface area (Å²) in [5.41, 5.74) is 1.88. The molecule has 156 valence electrons. The van der Waals surface area contributed by atoms with Crippen LogP contribution in [-0.4, -0.2) is 36.8 Å². The van der Waals surface area contributed by atoms with E-state index in [4.69, 9.17) is 0 Å². The maximum absolute atomic E-state index is 13.4. The second-order valence-electron chi connectivity index (χ2n) is 6.99. The number of H-pyrrole nitrogens is 1. The van der Waals surface area contributed by atoms with Crippen LogP contribution in [0.2, 0.25) is 0 Å². The molecule has 1 aromatic carbocycles. The first-order valence-electron chi connectivity index (χ1n) is 9.16. The molecule has 1 aliphatic carbocycles. The van der Waals surface area contributed by atoms with Gasteiger partial charge in [0, 0.05) is 36.7 Å². The van der Waals surface area contributed by atoms with Gasteiger partial charge in [-0.1, -0.05) is 0 Å². The number of aromatic nitrogens is 1. The van der Waals surface area contributed by atoms with E-state index in [1.807, 2.05) is 6.20 Å². The maximum Gasteiger partial charge on any atom is 0.391 e. The molecule has 0 saturated heterocycles. The molecule has 4 nitrogen and oxygen atoms in total. The first-order valence-corrected chi connectivity index (χ1v) is 9.16. The van der Waals surface area contributed by atoms with Gasteiger partial charge in [0.05, 0.1) is 5.92 Å². The van der Waals surface area contributed by atoms with Gasteiger partial charge in [-0.3, -0.25) is 4.99 Å². The first-order chi connectivity index (χ1) is 12.9. The lowest BCUT2D eigenvalue weighted by molar-refractivity contribution is -0.182. The summed E-state index contributed by atoms with van der Waals surface area (Å²) >= 11 is 0. The monoisotopic (exact) mass is 512 g/mol. The molecule has 1 fully saturated rings. The number of nitrogens with zero attached hydrogens (tertiary/aromatic N) is 1.